The SMILES string of the molecule is CCCNc1nc(C)nc(OCc2cccc(Cl)c2)c1C. The minimum atomic E-state index is 0.436. The fourth-order valence-electron chi connectivity index (χ4n) is 1.94. The fourth-order valence-corrected chi connectivity index (χ4v) is 2.15. The Morgan fingerprint density at radius 1 is 1.24 bits per heavy atom. The highest BCUT2D eigenvalue weighted by molar-refractivity contribution is 6.30. The second-order valence-corrected chi connectivity index (χ2v) is 5.33. The molecule has 0 spiro atoms. The highest BCUT2D eigenvalue weighted by atomic mass is 35.5. The zero-order valence-corrected chi connectivity index (χ0v) is 13.4. The van der Waals surface area contributed by atoms with Gasteiger partial charge in [-0.15, -0.1) is 0 Å². The van der Waals surface area contributed by atoms with Crippen LogP contribution in [0.1, 0.15) is 30.3 Å². The molecule has 0 saturated carbocycles. The van der Waals surface area contributed by atoms with E-state index in [1.165, 1.54) is 0 Å². The molecule has 0 saturated heterocycles. The highest BCUT2D eigenvalue weighted by Crippen LogP contribution is 2.23. The van der Waals surface area contributed by atoms with Crippen molar-refractivity contribution in [3.8, 4) is 5.88 Å². The van der Waals surface area contributed by atoms with Crippen LogP contribution in [-0.2, 0) is 6.61 Å². The van der Waals surface area contributed by atoms with Crippen molar-refractivity contribution in [1.29, 1.82) is 0 Å². The number of hydrogen-bond acceptors (Lipinski definition) is 4. The summed E-state index contributed by atoms with van der Waals surface area (Å²) in [5, 5.41) is 4.00. The largest absolute Gasteiger partial charge is 0.472 e. The van der Waals surface area contributed by atoms with E-state index in [0.29, 0.717) is 23.3 Å². The van der Waals surface area contributed by atoms with Crippen LogP contribution < -0.4 is 10.1 Å². The van der Waals surface area contributed by atoms with Crippen molar-refractivity contribution in [2.24, 2.45) is 0 Å². The number of nitrogens with zero attached hydrogens (tertiary/aromatic N) is 2. The summed E-state index contributed by atoms with van der Waals surface area (Å²) in [4.78, 5) is 8.79. The maximum atomic E-state index is 5.97. The number of anilines is 1. The van der Waals surface area contributed by atoms with Crippen LogP contribution in [0.25, 0.3) is 0 Å². The van der Waals surface area contributed by atoms with Crippen molar-refractivity contribution in [1.82, 2.24) is 9.97 Å². The Morgan fingerprint density at radius 3 is 2.76 bits per heavy atom. The molecule has 0 unspecified atom stereocenters. The third kappa shape index (κ3) is 4.33. The molecule has 0 aliphatic rings. The monoisotopic (exact) mass is 305 g/mol. The van der Waals surface area contributed by atoms with Gasteiger partial charge in [0.1, 0.15) is 18.2 Å². The van der Waals surface area contributed by atoms with Gasteiger partial charge in [0.15, 0.2) is 0 Å². The topological polar surface area (TPSA) is 47.0 Å². The van der Waals surface area contributed by atoms with Crippen LogP contribution in [0.2, 0.25) is 5.02 Å². The Bertz CT molecular complexity index is 616. The molecule has 2 aromatic rings. The second kappa shape index (κ2) is 7.27. The number of nitrogens with one attached hydrogen (secondary N) is 1. The Labute approximate surface area is 130 Å². The van der Waals surface area contributed by atoms with Gasteiger partial charge < -0.3 is 10.1 Å². The average Bonchev–Trinajstić information content (AvgIpc) is 2.46. The molecule has 0 atom stereocenters. The molecule has 21 heavy (non-hydrogen) atoms. The van der Waals surface area contributed by atoms with Gasteiger partial charge in [0.25, 0.3) is 0 Å². The number of rotatable bonds is 6. The van der Waals surface area contributed by atoms with Gasteiger partial charge >= 0.3 is 0 Å². The minimum Gasteiger partial charge on any atom is -0.472 e. The molecule has 1 N–H and O–H groups in total. The maximum Gasteiger partial charge on any atom is 0.222 e. The summed E-state index contributed by atoms with van der Waals surface area (Å²) >= 11 is 5.97. The van der Waals surface area contributed by atoms with E-state index in [2.05, 4.69) is 22.2 Å². The Morgan fingerprint density at radius 2 is 2.05 bits per heavy atom. The van der Waals surface area contributed by atoms with Crippen molar-refractivity contribution in [2.75, 3.05) is 11.9 Å². The number of aromatic nitrogens is 2. The van der Waals surface area contributed by atoms with Gasteiger partial charge in [-0.2, -0.15) is 4.98 Å². The van der Waals surface area contributed by atoms with Crippen LogP contribution in [0.4, 0.5) is 5.82 Å². The average molecular weight is 306 g/mol. The quantitative estimate of drug-likeness (QED) is 0.871. The normalized spacial score (nSPS) is 10.5. The molecule has 1 heterocycles. The molecule has 0 amide bonds. The van der Waals surface area contributed by atoms with Gasteiger partial charge in [0.2, 0.25) is 5.88 Å². The first-order valence-electron chi connectivity index (χ1n) is 7.06. The number of ether oxygens (including phenoxy) is 1. The number of benzene rings is 1. The van der Waals surface area contributed by atoms with Gasteiger partial charge in [-0.25, -0.2) is 4.98 Å². The van der Waals surface area contributed by atoms with Crippen LogP contribution in [0.5, 0.6) is 5.88 Å². The van der Waals surface area contributed by atoms with Gasteiger partial charge in [0, 0.05) is 11.6 Å². The van der Waals surface area contributed by atoms with E-state index in [9.17, 15) is 0 Å². The molecule has 5 heteroatoms. The molecule has 0 aliphatic heterocycles. The molecule has 4 nitrogen and oxygen atoms in total. The summed E-state index contributed by atoms with van der Waals surface area (Å²) in [7, 11) is 0. The number of halogens is 1. The number of hydrogen-bond donors (Lipinski definition) is 1. The van der Waals surface area contributed by atoms with Gasteiger partial charge in [-0.3, -0.25) is 0 Å². The van der Waals surface area contributed by atoms with E-state index >= 15 is 0 Å². The summed E-state index contributed by atoms with van der Waals surface area (Å²) in [5.74, 6) is 2.15. The lowest BCUT2D eigenvalue weighted by molar-refractivity contribution is 0.290. The first kappa shape index (κ1) is 15.6. The lowest BCUT2D eigenvalue weighted by Gasteiger charge is -2.13. The molecular formula is C16H20ClN3O. The van der Waals surface area contributed by atoms with E-state index in [-0.39, 0.29) is 0 Å². The van der Waals surface area contributed by atoms with E-state index in [4.69, 9.17) is 16.3 Å². The Kier molecular flexibility index (Phi) is 5.39. The third-order valence-electron chi connectivity index (χ3n) is 3.02. The Hall–Kier alpha value is -1.81. The predicted molar refractivity (Wildman–Crippen MR) is 86.1 cm³/mol. The van der Waals surface area contributed by atoms with Crippen LogP contribution in [-0.4, -0.2) is 16.5 Å². The summed E-state index contributed by atoms with van der Waals surface area (Å²) < 4.78 is 5.83. The first-order chi connectivity index (χ1) is 10.1. The zero-order chi connectivity index (χ0) is 15.2. The first-order valence-corrected chi connectivity index (χ1v) is 7.44. The summed E-state index contributed by atoms with van der Waals surface area (Å²) in [5.41, 5.74) is 1.94. The Balaban J connectivity index is 2.14. The van der Waals surface area contributed by atoms with Gasteiger partial charge in [0.05, 0.1) is 5.56 Å². The van der Waals surface area contributed by atoms with Crippen molar-refractivity contribution >= 4 is 17.4 Å². The van der Waals surface area contributed by atoms with Gasteiger partial charge in [-0.05, 0) is 38.0 Å². The molecular weight excluding hydrogens is 286 g/mol. The molecule has 2 rings (SSSR count). The molecule has 0 fully saturated rings. The molecule has 112 valence electrons. The van der Waals surface area contributed by atoms with Crippen LogP contribution in [0, 0.1) is 13.8 Å². The lowest BCUT2D eigenvalue weighted by atomic mass is 10.2. The third-order valence-corrected chi connectivity index (χ3v) is 3.26. The second-order valence-electron chi connectivity index (χ2n) is 4.89. The van der Waals surface area contributed by atoms with Crippen LogP contribution >= 0.6 is 11.6 Å². The minimum absolute atomic E-state index is 0.436. The van der Waals surface area contributed by atoms with E-state index in [1.807, 2.05) is 38.1 Å². The smallest absolute Gasteiger partial charge is 0.222 e. The molecule has 0 aliphatic carbocycles. The summed E-state index contributed by atoms with van der Waals surface area (Å²) in [6, 6.07) is 7.62. The summed E-state index contributed by atoms with van der Waals surface area (Å²) in [6.07, 6.45) is 1.04. The van der Waals surface area contributed by atoms with Crippen molar-refractivity contribution in [2.45, 2.75) is 33.8 Å². The lowest BCUT2D eigenvalue weighted by Crippen LogP contribution is -2.08. The zero-order valence-electron chi connectivity index (χ0n) is 12.6. The molecule has 1 aromatic heterocycles. The molecule has 0 bridgehead atoms. The van der Waals surface area contributed by atoms with Crippen molar-refractivity contribution in [3.63, 3.8) is 0 Å². The fraction of sp³-hybridized carbons (Fsp3) is 0.375. The number of aryl methyl sites for hydroxylation is 1. The van der Waals surface area contributed by atoms with Crippen molar-refractivity contribution < 1.29 is 4.74 Å². The van der Waals surface area contributed by atoms with Crippen LogP contribution in [0.3, 0.4) is 0 Å². The predicted octanol–water partition coefficient (Wildman–Crippen LogP) is 4.15. The van der Waals surface area contributed by atoms with E-state index in [0.717, 1.165) is 29.9 Å². The van der Waals surface area contributed by atoms with E-state index in [1.54, 1.807) is 0 Å². The van der Waals surface area contributed by atoms with Gasteiger partial charge in [-0.1, -0.05) is 30.7 Å². The van der Waals surface area contributed by atoms with E-state index < -0.39 is 0 Å². The van der Waals surface area contributed by atoms with Crippen LogP contribution in [0.15, 0.2) is 24.3 Å². The van der Waals surface area contributed by atoms with Crippen molar-refractivity contribution in [3.05, 3.63) is 46.2 Å². The highest BCUT2D eigenvalue weighted by Gasteiger charge is 2.10. The molecule has 0 radical (unpaired) electrons. The standard InChI is InChI=1S/C16H20ClN3O/c1-4-8-18-15-11(2)16(20-12(3)19-15)21-10-13-6-5-7-14(17)9-13/h5-7,9H,4,8,10H2,1-3H3,(H,18,19,20). The summed E-state index contributed by atoms with van der Waals surface area (Å²) in [6.45, 7) is 7.26. The molecule has 1 aromatic carbocycles. The maximum absolute atomic E-state index is 5.97.